The molecule has 1 heterocycles. The number of benzene rings is 1. The van der Waals surface area contributed by atoms with Crippen LogP contribution in [0, 0.1) is 11.6 Å². The van der Waals surface area contributed by atoms with Crippen LogP contribution in [0.2, 0.25) is 0 Å². The third-order valence-electron chi connectivity index (χ3n) is 3.29. The first-order valence-corrected chi connectivity index (χ1v) is 6.82. The second-order valence-corrected chi connectivity index (χ2v) is 5.39. The van der Waals surface area contributed by atoms with Crippen LogP contribution in [-0.2, 0) is 11.8 Å². The van der Waals surface area contributed by atoms with Crippen LogP contribution in [0.1, 0.15) is 11.1 Å². The van der Waals surface area contributed by atoms with Gasteiger partial charge in [0.15, 0.2) is 0 Å². The molecule has 0 spiro atoms. The number of thiophene rings is 1. The zero-order valence-corrected chi connectivity index (χ0v) is 11.1. The lowest BCUT2D eigenvalue weighted by Crippen LogP contribution is -2.41. The Hall–Kier alpha value is -1.30. The highest BCUT2D eigenvalue weighted by molar-refractivity contribution is 7.07. The van der Waals surface area contributed by atoms with E-state index in [0.29, 0.717) is 12.0 Å². The molecule has 102 valence electrons. The molecule has 0 saturated carbocycles. The Morgan fingerprint density at radius 2 is 1.89 bits per heavy atom. The lowest BCUT2D eigenvalue weighted by molar-refractivity contribution is 0.195. The molecule has 2 rings (SSSR count). The number of halogens is 2. The summed E-state index contributed by atoms with van der Waals surface area (Å²) in [6, 6.07) is 5.20. The van der Waals surface area contributed by atoms with E-state index in [0.717, 1.165) is 11.6 Å². The third-order valence-corrected chi connectivity index (χ3v) is 4.02. The van der Waals surface area contributed by atoms with Crippen LogP contribution in [0.15, 0.2) is 35.0 Å². The molecule has 2 aromatic rings. The fourth-order valence-electron chi connectivity index (χ4n) is 2.15. The number of aliphatic hydroxyl groups excluding tert-OH is 1. The molecule has 19 heavy (non-hydrogen) atoms. The second-order valence-electron chi connectivity index (χ2n) is 4.61. The van der Waals surface area contributed by atoms with Gasteiger partial charge in [-0.2, -0.15) is 11.3 Å². The molecule has 0 aliphatic rings. The van der Waals surface area contributed by atoms with E-state index in [4.69, 9.17) is 5.73 Å². The second kappa shape index (κ2) is 5.77. The molecule has 1 aromatic heterocycles. The Kier molecular flexibility index (Phi) is 4.29. The average molecular weight is 283 g/mol. The Morgan fingerprint density at radius 3 is 2.37 bits per heavy atom. The Labute approximate surface area is 114 Å². The Balaban J connectivity index is 2.42. The summed E-state index contributed by atoms with van der Waals surface area (Å²) in [6.07, 6.45) is 0.451. The highest BCUT2D eigenvalue weighted by atomic mass is 32.1. The summed E-state index contributed by atoms with van der Waals surface area (Å²) in [6.45, 7) is -0.148. The van der Waals surface area contributed by atoms with Crippen molar-refractivity contribution in [2.24, 2.45) is 5.73 Å². The molecule has 1 aromatic carbocycles. The van der Waals surface area contributed by atoms with Gasteiger partial charge in [-0.1, -0.05) is 0 Å². The van der Waals surface area contributed by atoms with Gasteiger partial charge in [-0.05, 0) is 46.5 Å². The highest BCUT2D eigenvalue weighted by Gasteiger charge is 2.31. The van der Waals surface area contributed by atoms with E-state index in [2.05, 4.69) is 0 Å². The van der Waals surface area contributed by atoms with E-state index < -0.39 is 17.0 Å². The summed E-state index contributed by atoms with van der Waals surface area (Å²) in [5.74, 6) is -1.32. The van der Waals surface area contributed by atoms with Gasteiger partial charge in [-0.25, -0.2) is 8.78 Å². The predicted molar refractivity (Wildman–Crippen MR) is 72.2 cm³/mol. The number of aliphatic hydroxyl groups is 1. The third kappa shape index (κ3) is 3.00. The van der Waals surface area contributed by atoms with E-state index in [9.17, 15) is 13.9 Å². The molecule has 3 N–H and O–H groups in total. The first-order valence-electron chi connectivity index (χ1n) is 5.88. The van der Waals surface area contributed by atoms with Gasteiger partial charge < -0.3 is 10.8 Å². The van der Waals surface area contributed by atoms with E-state index in [1.807, 2.05) is 16.8 Å². The van der Waals surface area contributed by atoms with E-state index in [-0.39, 0.29) is 13.2 Å². The smallest absolute Gasteiger partial charge is 0.126 e. The number of rotatable bonds is 5. The van der Waals surface area contributed by atoms with Crippen molar-refractivity contribution in [2.75, 3.05) is 13.2 Å². The monoisotopic (exact) mass is 283 g/mol. The lowest BCUT2D eigenvalue weighted by atomic mass is 9.76. The quantitative estimate of drug-likeness (QED) is 0.885. The number of hydrogen-bond acceptors (Lipinski definition) is 3. The minimum Gasteiger partial charge on any atom is -0.395 e. The molecule has 5 heteroatoms. The molecule has 0 saturated heterocycles. The predicted octanol–water partition coefficient (Wildman–Crippen LogP) is 2.46. The SMILES string of the molecule is NCC(CO)(Cc1ccsc1)c1cc(F)cc(F)c1. The van der Waals surface area contributed by atoms with Crippen LogP contribution in [0.5, 0.6) is 0 Å². The zero-order valence-electron chi connectivity index (χ0n) is 10.3. The molecule has 0 amide bonds. The van der Waals surface area contributed by atoms with E-state index >= 15 is 0 Å². The van der Waals surface area contributed by atoms with Crippen molar-refractivity contribution >= 4 is 11.3 Å². The van der Waals surface area contributed by atoms with E-state index in [1.165, 1.54) is 23.5 Å². The molecule has 1 unspecified atom stereocenters. The topological polar surface area (TPSA) is 46.2 Å². The number of hydrogen-bond donors (Lipinski definition) is 2. The summed E-state index contributed by atoms with van der Waals surface area (Å²) in [7, 11) is 0. The molecular formula is C14H15F2NOS. The summed E-state index contributed by atoms with van der Waals surface area (Å²) < 4.78 is 26.7. The van der Waals surface area contributed by atoms with E-state index in [1.54, 1.807) is 0 Å². The van der Waals surface area contributed by atoms with Crippen molar-refractivity contribution < 1.29 is 13.9 Å². The minimum absolute atomic E-state index is 0.113. The fraction of sp³-hybridized carbons (Fsp3) is 0.286. The molecule has 0 radical (unpaired) electrons. The first kappa shape index (κ1) is 14.1. The maximum Gasteiger partial charge on any atom is 0.126 e. The number of nitrogens with two attached hydrogens (primary N) is 1. The fourth-order valence-corrected chi connectivity index (χ4v) is 2.82. The summed E-state index contributed by atoms with van der Waals surface area (Å²) in [4.78, 5) is 0. The van der Waals surface area contributed by atoms with Gasteiger partial charge in [0, 0.05) is 18.0 Å². The molecule has 0 bridgehead atoms. The van der Waals surface area contributed by atoms with Crippen LogP contribution >= 0.6 is 11.3 Å². The van der Waals surface area contributed by atoms with Gasteiger partial charge in [0.25, 0.3) is 0 Å². The minimum atomic E-state index is -0.857. The zero-order chi connectivity index (χ0) is 13.9. The van der Waals surface area contributed by atoms with Gasteiger partial charge in [-0.3, -0.25) is 0 Å². The Bertz CT molecular complexity index is 518. The van der Waals surface area contributed by atoms with Gasteiger partial charge in [0.2, 0.25) is 0 Å². The van der Waals surface area contributed by atoms with Crippen LogP contribution in [0.3, 0.4) is 0 Å². The van der Waals surface area contributed by atoms with Gasteiger partial charge in [-0.15, -0.1) is 0 Å². The van der Waals surface area contributed by atoms with Crippen molar-refractivity contribution in [1.82, 2.24) is 0 Å². The van der Waals surface area contributed by atoms with Crippen molar-refractivity contribution in [3.05, 3.63) is 57.8 Å². The maximum absolute atomic E-state index is 13.3. The molecular weight excluding hydrogens is 268 g/mol. The van der Waals surface area contributed by atoms with Gasteiger partial charge in [0.1, 0.15) is 11.6 Å². The Morgan fingerprint density at radius 1 is 1.21 bits per heavy atom. The van der Waals surface area contributed by atoms with Crippen molar-refractivity contribution in [1.29, 1.82) is 0 Å². The largest absolute Gasteiger partial charge is 0.395 e. The van der Waals surface area contributed by atoms with Gasteiger partial charge in [0.05, 0.1) is 6.61 Å². The lowest BCUT2D eigenvalue weighted by Gasteiger charge is -2.31. The normalized spacial score (nSPS) is 14.3. The standard InChI is InChI=1S/C14H15F2NOS/c15-12-3-11(4-13(16)5-12)14(8-17,9-18)6-10-1-2-19-7-10/h1-5,7,18H,6,8-9,17H2. The summed E-state index contributed by atoms with van der Waals surface area (Å²) >= 11 is 1.53. The molecule has 0 aliphatic carbocycles. The molecule has 1 atom stereocenters. The molecule has 2 nitrogen and oxygen atoms in total. The summed E-state index contributed by atoms with van der Waals surface area (Å²) in [5.41, 5.74) is 6.29. The summed E-state index contributed by atoms with van der Waals surface area (Å²) in [5, 5.41) is 13.5. The first-order chi connectivity index (χ1) is 9.09. The van der Waals surface area contributed by atoms with Gasteiger partial charge >= 0.3 is 0 Å². The van der Waals surface area contributed by atoms with Crippen molar-refractivity contribution in [2.45, 2.75) is 11.8 Å². The van der Waals surface area contributed by atoms with Crippen LogP contribution in [0.25, 0.3) is 0 Å². The maximum atomic E-state index is 13.3. The van der Waals surface area contributed by atoms with Crippen LogP contribution in [0.4, 0.5) is 8.78 Å². The van der Waals surface area contributed by atoms with Crippen molar-refractivity contribution in [3.8, 4) is 0 Å². The van der Waals surface area contributed by atoms with Crippen LogP contribution in [-0.4, -0.2) is 18.3 Å². The highest BCUT2D eigenvalue weighted by Crippen LogP contribution is 2.29. The molecule has 0 fully saturated rings. The average Bonchev–Trinajstić information content (AvgIpc) is 2.87. The van der Waals surface area contributed by atoms with Crippen molar-refractivity contribution in [3.63, 3.8) is 0 Å². The molecule has 0 aliphatic heterocycles. The van der Waals surface area contributed by atoms with Crippen LogP contribution < -0.4 is 5.73 Å².